The Kier molecular flexibility index (Phi) is 4.65. The van der Waals surface area contributed by atoms with Gasteiger partial charge in [0.05, 0.1) is 11.2 Å². The molecule has 5 nitrogen and oxygen atoms in total. The molecule has 0 radical (unpaired) electrons. The predicted molar refractivity (Wildman–Crippen MR) is 77.7 cm³/mol. The van der Waals surface area contributed by atoms with Crippen LogP contribution in [0.1, 0.15) is 10.4 Å². The highest BCUT2D eigenvalue weighted by Crippen LogP contribution is 2.23. The number of halogens is 3. The van der Waals surface area contributed by atoms with Crippen molar-refractivity contribution < 1.29 is 9.53 Å². The number of hydrogen-bond acceptors (Lipinski definition) is 5. The lowest BCUT2D eigenvalue weighted by atomic mass is 10.1. The molecule has 0 aliphatic heterocycles. The van der Waals surface area contributed by atoms with Gasteiger partial charge in [0.1, 0.15) is 0 Å². The molecule has 20 heavy (non-hydrogen) atoms. The van der Waals surface area contributed by atoms with Crippen LogP contribution in [0.4, 0.5) is 5.82 Å². The molecule has 0 saturated carbocycles. The second kappa shape index (κ2) is 6.26. The summed E-state index contributed by atoms with van der Waals surface area (Å²) in [5.41, 5.74) is 5.89. The van der Waals surface area contributed by atoms with Crippen molar-refractivity contribution in [2.45, 2.75) is 0 Å². The molecule has 0 aliphatic rings. The minimum atomic E-state index is -0.319. The number of aromatic nitrogens is 2. The summed E-state index contributed by atoms with van der Waals surface area (Å²) in [6.07, 6.45) is 1.29. The van der Waals surface area contributed by atoms with Gasteiger partial charge in [0.15, 0.2) is 18.2 Å². The van der Waals surface area contributed by atoms with Crippen molar-refractivity contribution in [3.05, 3.63) is 45.3 Å². The van der Waals surface area contributed by atoms with Crippen LogP contribution in [0.3, 0.4) is 0 Å². The first-order chi connectivity index (χ1) is 9.47. The number of hydrogen-bond donors (Lipinski definition) is 1. The summed E-state index contributed by atoms with van der Waals surface area (Å²) in [5.74, 6) is -0.0890. The monoisotopic (exact) mass is 331 g/mol. The summed E-state index contributed by atoms with van der Waals surface area (Å²) in [6.45, 7) is -0.253. The van der Waals surface area contributed by atoms with Crippen molar-refractivity contribution in [2.75, 3.05) is 12.3 Å². The Hall–Kier alpha value is -1.56. The number of nitrogen functional groups attached to an aromatic ring is 1. The van der Waals surface area contributed by atoms with Gasteiger partial charge in [-0.2, -0.15) is 4.98 Å². The molecule has 0 amide bonds. The molecule has 2 N–H and O–H groups in total. The van der Waals surface area contributed by atoms with E-state index in [-0.39, 0.29) is 34.3 Å². The Labute approximate surface area is 129 Å². The standard InChI is InChI=1S/C12H8Cl3N3O2/c13-6-1-2-7(8(14)3-6)9(19)5-20-10-4-17-12(15)18-11(10)16/h1-4H,5H2,(H2,16,17,18). The third kappa shape index (κ3) is 3.50. The smallest absolute Gasteiger partial charge is 0.224 e. The Balaban J connectivity index is 2.08. The number of nitrogens with two attached hydrogens (primary N) is 1. The van der Waals surface area contributed by atoms with Crippen molar-refractivity contribution in [3.63, 3.8) is 0 Å². The van der Waals surface area contributed by atoms with Gasteiger partial charge >= 0.3 is 0 Å². The zero-order valence-electron chi connectivity index (χ0n) is 9.94. The Morgan fingerprint density at radius 2 is 2.05 bits per heavy atom. The number of benzene rings is 1. The molecule has 2 rings (SSSR count). The van der Waals surface area contributed by atoms with Gasteiger partial charge < -0.3 is 10.5 Å². The molecule has 0 unspecified atom stereocenters. The minimum Gasteiger partial charge on any atom is -0.480 e. The lowest BCUT2D eigenvalue weighted by Gasteiger charge is -2.08. The molecular formula is C12H8Cl3N3O2. The molecule has 1 aromatic heterocycles. The molecule has 2 aromatic rings. The Bertz CT molecular complexity index is 664. The van der Waals surface area contributed by atoms with Gasteiger partial charge in [-0.1, -0.05) is 23.2 Å². The number of ether oxygens (including phenoxy) is 1. The molecule has 8 heteroatoms. The van der Waals surface area contributed by atoms with E-state index in [1.165, 1.54) is 18.3 Å². The van der Waals surface area contributed by atoms with Crippen molar-refractivity contribution in [1.29, 1.82) is 0 Å². The molecule has 1 aromatic carbocycles. The van der Waals surface area contributed by atoms with Crippen LogP contribution in [0.15, 0.2) is 24.4 Å². The summed E-state index contributed by atoms with van der Waals surface area (Å²) in [5, 5.41) is 0.705. The fourth-order valence-electron chi connectivity index (χ4n) is 1.41. The van der Waals surface area contributed by atoms with Crippen LogP contribution >= 0.6 is 34.8 Å². The largest absolute Gasteiger partial charge is 0.480 e. The minimum absolute atomic E-state index is 0.00178. The average molecular weight is 333 g/mol. The fraction of sp³-hybridized carbons (Fsp3) is 0.0833. The van der Waals surface area contributed by atoms with Crippen LogP contribution in [-0.4, -0.2) is 22.4 Å². The molecular weight excluding hydrogens is 325 g/mol. The van der Waals surface area contributed by atoms with Gasteiger partial charge in [-0.25, -0.2) is 4.98 Å². The number of ketones is 1. The van der Waals surface area contributed by atoms with Gasteiger partial charge in [-0.3, -0.25) is 4.79 Å². The van der Waals surface area contributed by atoms with E-state index in [2.05, 4.69) is 9.97 Å². The first-order valence-corrected chi connectivity index (χ1v) is 6.50. The molecule has 0 saturated heterocycles. The summed E-state index contributed by atoms with van der Waals surface area (Å²) in [7, 11) is 0. The summed E-state index contributed by atoms with van der Waals surface area (Å²) in [6, 6.07) is 4.58. The van der Waals surface area contributed by atoms with Gasteiger partial charge in [-0.15, -0.1) is 0 Å². The maximum absolute atomic E-state index is 12.0. The maximum atomic E-state index is 12.0. The molecule has 0 aliphatic carbocycles. The van der Waals surface area contributed by atoms with Crippen molar-refractivity contribution in [2.24, 2.45) is 0 Å². The van der Waals surface area contributed by atoms with E-state index >= 15 is 0 Å². The van der Waals surface area contributed by atoms with Crippen LogP contribution in [0.25, 0.3) is 0 Å². The quantitative estimate of drug-likeness (QED) is 0.686. The topological polar surface area (TPSA) is 78.1 Å². The second-order valence-corrected chi connectivity index (χ2v) is 4.91. The average Bonchev–Trinajstić information content (AvgIpc) is 2.37. The van der Waals surface area contributed by atoms with E-state index in [0.29, 0.717) is 10.6 Å². The van der Waals surface area contributed by atoms with E-state index in [1.54, 1.807) is 6.07 Å². The molecule has 0 bridgehead atoms. The summed E-state index contributed by atoms with van der Waals surface area (Å²) >= 11 is 17.2. The van der Waals surface area contributed by atoms with E-state index in [1.807, 2.05) is 0 Å². The van der Waals surface area contributed by atoms with Crippen LogP contribution in [0.2, 0.25) is 15.3 Å². The lowest BCUT2D eigenvalue weighted by Crippen LogP contribution is -2.13. The number of anilines is 1. The number of Topliss-reactive ketones (excluding diaryl/α,β-unsaturated/α-hetero) is 1. The van der Waals surface area contributed by atoms with E-state index < -0.39 is 0 Å². The first kappa shape index (κ1) is 14.8. The van der Waals surface area contributed by atoms with Crippen molar-refractivity contribution >= 4 is 46.4 Å². The molecule has 0 fully saturated rings. The van der Waals surface area contributed by atoms with Gasteiger partial charge in [0.2, 0.25) is 11.1 Å². The van der Waals surface area contributed by atoms with Crippen LogP contribution in [0, 0.1) is 0 Å². The third-order valence-electron chi connectivity index (χ3n) is 2.34. The van der Waals surface area contributed by atoms with E-state index in [4.69, 9.17) is 45.3 Å². The highest BCUT2D eigenvalue weighted by atomic mass is 35.5. The van der Waals surface area contributed by atoms with Crippen molar-refractivity contribution in [3.8, 4) is 5.75 Å². The number of carbonyl (C=O) groups is 1. The third-order valence-corrected chi connectivity index (χ3v) is 3.07. The molecule has 0 spiro atoms. The maximum Gasteiger partial charge on any atom is 0.224 e. The SMILES string of the molecule is Nc1nc(Cl)ncc1OCC(=O)c1ccc(Cl)cc1Cl. The van der Waals surface area contributed by atoms with Crippen molar-refractivity contribution in [1.82, 2.24) is 9.97 Å². The van der Waals surface area contributed by atoms with E-state index in [0.717, 1.165) is 0 Å². The predicted octanol–water partition coefficient (Wildman–Crippen LogP) is 3.28. The van der Waals surface area contributed by atoms with Gasteiger partial charge in [-0.05, 0) is 29.8 Å². The second-order valence-electron chi connectivity index (χ2n) is 3.72. The fourth-order valence-corrected chi connectivity index (χ4v) is 2.06. The Morgan fingerprint density at radius 1 is 1.30 bits per heavy atom. The lowest BCUT2D eigenvalue weighted by molar-refractivity contribution is 0.0922. The molecule has 1 heterocycles. The summed E-state index contributed by atoms with van der Waals surface area (Å²) < 4.78 is 5.24. The number of nitrogens with zero attached hydrogens (tertiary/aromatic N) is 2. The van der Waals surface area contributed by atoms with Crippen LogP contribution < -0.4 is 10.5 Å². The van der Waals surface area contributed by atoms with Gasteiger partial charge in [0, 0.05) is 10.6 Å². The highest BCUT2D eigenvalue weighted by Gasteiger charge is 2.13. The van der Waals surface area contributed by atoms with E-state index in [9.17, 15) is 4.79 Å². The van der Waals surface area contributed by atoms with Gasteiger partial charge in [0.25, 0.3) is 0 Å². The highest BCUT2D eigenvalue weighted by molar-refractivity contribution is 6.36. The zero-order valence-corrected chi connectivity index (χ0v) is 12.2. The zero-order chi connectivity index (χ0) is 14.7. The number of rotatable bonds is 4. The number of carbonyl (C=O) groups excluding carboxylic acids is 1. The Morgan fingerprint density at radius 3 is 2.70 bits per heavy atom. The molecule has 104 valence electrons. The van der Waals surface area contributed by atoms with Crippen LogP contribution in [-0.2, 0) is 0 Å². The first-order valence-electron chi connectivity index (χ1n) is 5.36. The normalized spacial score (nSPS) is 10.3. The molecule has 0 atom stereocenters. The summed E-state index contributed by atoms with van der Waals surface area (Å²) in [4.78, 5) is 19.4. The van der Waals surface area contributed by atoms with Crippen LogP contribution in [0.5, 0.6) is 5.75 Å².